The van der Waals surface area contributed by atoms with Crippen LogP contribution in [-0.4, -0.2) is 21.5 Å². The number of carbonyl (C=O) groups is 1. The quantitative estimate of drug-likeness (QED) is 0.422. The molecule has 0 aromatic heterocycles. The highest BCUT2D eigenvalue weighted by Gasteiger charge is 2.52. The highest BCUT2D eigenvalue weighted by atomic mass is 32.2. The maximum absolute atomic E-state index is 12.4. The average molecular weight is 469 g/mol. The number of carbonyl (C=O) groups excluding carboxylic acids is 1. The van der Waals surface area contributed by atoms with Crippen LogP contribution in [0.5, 0.6) is 0 Å². The van der Waals surface area contributed by atoms with Crippen molar-refractivity contribution in [3.63, 3.8) is 0 Å². The molecule has 1 atom stereocenters. The third kappa shape index (κ3) is 4.03. The molecule has 0 radical (unpaired) electrons. The van der Waals surface area contributed by atoms with Crippen molar-refractivity contribution in [2.24, 2.45) is 10.2 Å². The first kappa shape index (κ1) is 22.4. The molecular weight excluding hydrogens is 440 g/mol. The fourth-order valence-corrected chi connectivity index (χ4v) is 5.62. The Labute approximate surface area is 205 Å². The van der Waals surface area contributed by atoms with Crippen LogP contribution >= 0.6 is 11.8 Å². The topological polar surface area (TPSA) is 48.3 Å². The lowest BCUT2D eigenvalue weighted by Gasteiger charge is -2.46. The minimum atomic E-state index is -0.662. The molecule has 2 heterocycles. The first-order valence-electron chi connectivity index (χ1n) is 11.6. The fourth-order valence-electron chi connectivity index (χ4n) is 4.38. The Morgan fingerprint density at radius 1 is 0.853 bits per heavy atom. The number of nitrogens with zero attached hydrogens (tertiary/aromatic N) is 4. The van der Waals surface area contributed by atoms with E-state index < -0.39 is 4.99 Å². The number of rotatable bonds is 5. The van der Waals surface area contributed by atoms with Gasteiger partial charge in [-0.2, -0.15) is 10.2 Å². The van der Waals surface area contributed by atoms with Gasteiger partial charge in [-0.1, -0.05) is 74.5 Å². The number of hydrazone groups is 2. The second-order valence-electron chi connectivity index (χ2n) is 8.92. The SMILES string of the molecule is CC(=O)C1=NN(c2ccccc2)C2(CCC(c3ccc(C(C)C)cc3)=NN2c2ccccc2)S1. The first-order chi connectivity index (χ1) is 16.5. The van der Waals surface area contributed by atoms with Crippen molar-refractivity contribution in [1.29, 1.82) is 0 Å². The van der Waals surface area contributed by atoms with Gasteiger partial charge in [-0.05, 0) is 59.5 Å². The number of anilines is 2. The summed E-state index contributed by atoms with van der Waals surface area (Å²) in [7, 11) is 0. The van der Waals surface area contributed by atoms with Gasteiger partial charge >= 0.3 is 0 Å². The number of hydrogen-bond donors (Lipinski definition) is 0. The third-order valence-corrected chi connectivity index (χ3v) is 7.67. The summed E-state index contributed by atoms with van der Waals surface area (Å²) < 4.78 is 0. The smallest absolute Gasteiger partial charge is 0.208 e. The number of thioether (sulfide) groups is 1. The van der Waals surface area contributed by atoms with Crippen LogP contribution in [0.4, 0.5) is 11.4 Å². The van der Waals surface area contributed by atoms with E-state index in [4.69, 9.17) is 10.2 Å². The Kier molecular flexibility index (Phi) is 6.00. The minimum absolute atomic E-state index is 0.0325. The number of hydrogen-bond acceptors (Lipinski definition) is 6. The Morgan fingerprint density at radius 2 is 1.41 bits per heavy atom. The molecule has 0 fully saturated rings. The zero-order valence-electron chi connectivity index (χ0n) is 19.7. The van der Waals surface area contributed by atoms with Gasteiger partial charge in [-0.3, -0.25) is 4.79 Å². The molecule has 3 aromatic rings. The summed E-state index contributed by atoms with van der Waals surface area (Å²) in [6, 6.07) is 28.9. The van der Waals surface area contributed by atoms with Crippen molar-refractivity contribution in [3.8, 4) is 0 Å². The van der Waals surface area contributed by atoms with E-state index in [1.165, 1.54) is 17.3 Å². The van der Waals surface area contributed by atoms with Crippen molar-refractivity contribution in [2.45, 2.75) is 44.5 Å². The van der Waals surface area contributed by atoms with Crippen molar-refractivity contribution in [2.75, 3.05) is 10.0 Å². The molecule has 0 amide bonds. The molecule has 5 nitrogen and oxygen atoms in total. The van der Waals surface area contributed by atoms with Crippen LogP contribution in [0.25, 0.3) is 0 Å². The number of benzene rings is 3. The van der Waals surface area contributed by atoms with Gasteiger partial charge in [0.2, 0.25) is 4.99 Å². The third-order valence-electron chi connectivity index (χ3n) is 6.23. The van der Waals surface area contributed by atoms with Gasteiger partial charge in [0.1, 0.15) is 0 Å². The summed E-state index contributed by atoms with van der Waals surface area (Å²) in [5.74, 6) is 0.456. The lowest BCUT2D eigenvalue weighted by molar-refractivity contribution is -0.110. The van der Waals surface area contributed by atoms with E-state index in [-0.39, 0.29) is 5.78 Å². The normalized spacial score (nSPS) is 20.0. The molecule has 1 spiro atoms. The van der Waals surface area contributed by atoms with E-state index in [9.17, 15) is 4.79 Å². The molecule has 1 unspecified atom stereocenters. The first-order valence-corrected chi connectivity index (χ1v) is 12.5. The van der Waals surface area contributed by atoms with Crippen LogP contribution in [0, 0.1) is 0 Å². The molecule has 34 heavy (non-hydrogen) atoms. The highest BCUT2D eigenvalue weighted by Crippen LogP contribution is 2.50. The molecule has 0 bridgehead atoms. The molecule has 172 valence electrons. The summed E-state index contributed by atoms with van der Waals surface area (Å²) in [5, 5.41) is 14.5. The molecule has 0 saturated heterocycles. The minimum Gasteiger partial charge on any atom is -0.292 e. The van der Waals surface area contributed by atoms with E-state index in [1.54, 1.807) is 6.92 Å². The lowest BCUT2D eigenvalue weighted by Crippen LogP contribution is -2.56. The van der Waals surface area contributed by atoms with Gasteiger partial charge in [0, 0.05) is 13.3 Å². The van der Waals surface area contributed by atoms with Crippen LogP contribution in [0.3, 0.4) is 0 Å². The number of Topliss-reactive ketones (excluding diaryl/α,β-unsaturated/α-hetero) is 1. The Bertz CT molecular complexity index is 1240. The van der Waals surface area contributed by atoms with Crippen LogP contribution in [0.15, 0.2) is 95.1 Å². The monoisotopic (exact) mass is 468 g/mol. The molecule has 2 aliphatic rings. The van der Waals surface area contributed by atoms with E-state index in [0.717, 1.165) is 35.5 Å². The number of para-hydroxylation sites is 2. The molecule has 2 aliphatic heterocycles. The van der Waals surface area contributed by atoms with Crippen LogP contribution in [0.1, 0.15) is 50.7 Å². The van der Waals surface area contributed by atoms with Gasteiger partial charge < -0.3 is 0 Å². The number of ketones is 1. The van der Waals surface area contributed by atoms with E-state index in [0.29, 0.717) is 11.0 Å². The average Bonchev–Trinajstić information content (AvgIpc) is 3.25. The van der Waals surface area contributed by atoms with Crippen molar-refractivity contribution >= 4 is 39.7 Å². The Hall–Kier alpha value is -3.38. The zero-order valence-corrected chi connectivity index (χ0v) is 20.5. The molecule has 0 aliphatic carbocycles. The molecule has 0 N–H and O–H groups in total. The van der Waals surface area contributed by atoms with E-state index >= 15 is 0 Å². The molecule has 3 aromatic carbocycles. The summed E-state index contributed by atoms with van der Waals surface area (Å²) in [5.41, 5.74) is 5.38. The summed E-state index contributed by atoms with van der Waals surface area (Å²) in [4.78, 5) is 11.8. The van der Waals surface area contributed by atoms with Gasteiger partial charge in [-0.15, -0.1) is 0 Å². The molecule has 0 saturated carbocycles. The molecule has 5 rings (SSSR count). The maximum Gasteiger partial charge on any atom is 0.208 e. The summed E-state index contributed by atoms with van der Waals surface area (Å²) >= 11 is 1.50. The predicted octanol–water partition coefficient (Wildman–Crippen LogP) is 6.62. The zero-order chi connectivity index (χ0) is 23.7. The standard InChI is InChI=1S/C28H28N4OS/c1-20(2)22-14-16-23(17-15-22)26-18-19-28(31(29-26)24-10-6-4-7-11-24)32(25-12-8-5-9-13-25)30-27(34-28)21(3)33/h4-17,20H,18-19H2,1-3H3. The Morgan fingerprint density at radius 3 is 1.94 bits per heavy atom. The second-order valence-corrected chi connectivity index (χ2v) is 10.2. The molecular formula is C28H28N4OS. The van der Waals surface area contributed by atoms with Crippen molar-refractivity contribution < 1.29 is 4.79 Å². The van der Waals surface area contributed by atoms with Gasteiger partial charge in [-0.25, -0.2) is 10.0 Å². The Balaban J connectivity index is 1.62. The largest absolute Gasteiger partial charge is 0.292 e. The predicted molar refractivity (Wildman–Crippen MR) is 143 cm³/mol. The maximum atomic E-state index is 12.4. The highest BCUT2D eigenvalue weighted by molar-refractivity contribution is 8.17. The van der Waals surface area contributed by atoms with Crippen LogP contribution in [-0.2, 0) is 4.79 Å². The summed E-state index contributed by atoms with van der Waals surface area (Å²) in [6.45, 7) is 5.99. The van der Waals surface area contributed by atoms with Crippen molar-refractivity contribution in [3.05, 3.63) is 96.1 Å². The van der Waals surface area contributed by atoms with E-state index in [2.05, 4.69) is 55.3 Å². The van der Waals surface area contributed by atoms with Crippen LogP contribution in [0.2, 0.25) is 0 Å². The fraction of sp³-hybridized carbons (Fsp3) is 0.250. The summed E-state index contributed by atoms with van der Waals surface area (Å²) in [6.07, 6.45) is 1.54. The van der Waals surface area contributed by atoms with Gasteiger partial charge in [0.15, 0.2) is 10.8 Å². The lowest BCUT2D eigenvalue weighted by atomic mass is 9.97. The van der Waals surface area contributed by atoms with Gasteiger partial charge in [0.25, 0.3) is 0 Å². The van der Waals surface area contributed by atoms with Crippen molar-refractivity contribution in [1.82, 2.24) is 0 Å². The van der Waals surface area contributed by atoms with Gasteiger partial charge in [0.05, 0.1) is 17.1 Å². The van der Waals surface area contributed by atoms with Crippen LogP contribution < -0.4 is 10.0 Å². The molecule has 6 heteroatoms. The van der Waals surface area contributed by atoms with E-state index in [1.807, 2.05) is 53.5 Å². The second kappa shape index (κ2) is 9.11.